The molecule has 1 saturated heterocycles. The molecule has 2 rings (SSSR count). The number of aliphatic hydroxyl groups is 1. The van der Waals surface area contributed by atoms with E-state index >= 15 is 0 Å². The Labute approximate surface area is 132 Å². The summed E-state index contributed by atoms with van der Waals surface area (Å²) in [7, 11) is 0. The normalized spacial score (nSPS) is 18.8. The third-order valence-electron chi connectivity index (χ3n) is 2.44. The van der Waals surface area contributed by atoms with Gasteiger partial charge in [-0.3, -0.25) is 16.1 Å². The van der Waals surface area contributed by atoms with Crippen molar-refractivity contribution in [2.24, 2.45) is 0 Å². The van der Waals surface area contributed by atoms with Gasteiger partial charge in [-0.15, -0.1) is 17.5 Å². The van der Waals surface area contributed by atoms with E-state index < -0.39 is 0 Å². The number of piperidine rings is 1. The number of hydrogen-bond donors (Lipinski definition) is 1. The second-order valence-electron chi connectivity index (χ2n) is 4.24. The van der Waals surface area contributed by atoms with E-state index in [0.717, 1.165) is 6.54 Å². The Morgan fingerprint density at radius 2 is 2.26 bits per heavy atom. The summed E-state index contributed by atoms with van der Waals surface area (Å²) >= 11 is 1.78. The van der Waals surface area contributed by atoms with E-state index in [-0.39, 0.29) is 31.6 Å². The van der Waals surface area contributed by atoms with Gasteiger partial charge in [-0.1, -0.05) is 19.3 Å². The van der Waals surface area contributed by atoms with Crippen LogP contribution in [0, 0.1) is 6.07 Å². The van der Waals surface area contributed by atoms with Crippen molar-refractivity contribution in [3.8, 4) is 0 Å². The number of nitrogens with zero attached hydrogens (tertiary/aromatic N) is 1. The predicted octanol–water partition coefficient (Wildman–Crippen LogP) is 4.18. The van der Waals surface area contributed by atoms with Gasteiger partial charge in [-0.05, 0) is 13.8 Å². The number of thiophene rings is 1. The van der Waals surface area contributed by atoms with Crippen molar-refractivity contribution >= 4 is 17.1 Å². The zero-order valence-corrected chi connectivity index (χ0v) is 14.4. The predicted molar refractivity (Wildman–Crippen MR) is 75.0 cm³/mol. The van der Waals surface area contributed by atoms with E-state index in [1.54, 1.807) is 11.3 Å². The van der Waals surface area contributed by atoms with Crippen LogP contribution in [0.5, 0.6) is 0 Å². The van der Waals surface area contributed by atoms with Crippen LogP contribution < -0.4 is 0 Å². The van der Waals surface area contributed by atoms with Crippen molar-refractivity contribution in [2.45, 2.75) is 39.2 Å². The van der Waals surface area contributed by atoms with Crippen LogP contribution in [0.2, 0.25) is 0 Å². The average Bonchev–Trinajstić information content (AvgIpc) is 2.82. The number of carbonyl (C=O) groups excluding carboxylic acids is 1. The van der Waals surface area contributed by atoms with Crippen molar-refractivity contribution in [3.63, 3.8) is 0 Å². The van der Waals surface area contributed by atoms with E-state index in [1.807, 2.05) is 6.07 Å². The maximum Gasteiger partial charge on any atom is 0.155 e. The zero-order valence-electron chi connectivity index (χ0n) is 11.2. The minimum Gasteiger partial charge on any atom is -0.656 e. The molecule has 1 fully saturated rings. The number of aliphatic hydroxyl groups excluding tert-OH is 1. The van der Waals surface area contributed by atoms with Crippen molar-refractivity contribution in [1.82, 2.24) is 0 Å². The second-order valence-corrected chi connectivity index (χ2v) is 5.19. The molecule has 1 N–H and O–H groups in total. The molecule has 1 radical (unpaired) electrons. The summed E-state index contributed by atoms with van der Waals surface area (Å²) in [5, 5.41) is 15.0. The molecule has 1 aromatic rings. The Morgan fingerprint density at radius 3 is 2.63 bits per heavy atom. The van der Waals surface area contributed by atoms with Gasteiger partial charge >= 0.3 is 0 Å². The zero-order chi connectivity index (χ0) is 13.4. The molecule has 2 heterocycles. The Bertz CT molecular complexity index is 380. The van der Waals surface area contributed by atoms with Crippen LogP contribution in [0.3, 0.4) is 0 Å². The van der Waals surface area contributed by atoms with Crippen LogP contribution >= 0.6 is 11.3 Å². The molecule has 109 valence electrons. The standard InChI is InChI=1S/C9H11NS.C5H8O2.Ir/c1-2-6-10-8(4-1)9-5-3-7-11-9;1-4(6)3-5(2)7;/h3,7-8H,1-2,4,6H2;3,6H,1-2H3;/q-2;;/b;4-3-;. The van der Waals surface area contributed by atoms with Crippen molar-refractivity contribution in [1.29, 1.82) is 0 Å². The van der Waals surface area contributed by atoms with Gasteiger partial charge in [0, 0.05) is 26.2 Å². The minimum absolute atomic E-state index is 0. The average molecular weight is 458 g/mol. The molecule has 0 aliphatic carbocycles. The van der Waals surface area contributed by atoms with Crippen LogP contribution in [0.25, 0.3) is 5.32 Å². The summed E-state index contributed by atoms with van der Waals surface area (Å²) in [5.41, 5.74) is 0. The largest absolute Gasteiger partial charge is 0.656 e. The Hall–Kier alpha value is -0.481. The monoisotopic (exact) mass is 458 g/mol. The third-order valence-corrected chi connectivity index (χ3v) is 3.35. The second kappa shape index (κ2) is 10.3. The van der Waals surface area contributed by atoms with Gasteiger partial charge in [-0.25, -0.2) is 12.1 Å². The molecule has 3 nitrogen and oxygen atoms in total. The molecular weight excluding hydrogens is 438 g/mol. The summed E-state index contributed by atoms with van der Waals surface area (Å²) < 4.78 is 0. The Morgan fingerprint density at radius 1 is 1.53 bits per heavy atom. The smallest absolute Gasteiger partial charge is 0.155 e. The molecule has 1 aliphatic rings. The third kappa shape index (κ3) is 8.32. The maximum absolute atomic E-state index is 10.0. The van der Waals surface area contributed by atoms with Gasteiger partial charge in [0.05, 0.1) is 5.76 Å². The Balaban J connectivity index is 0.000000360. The number of ketones is 1. The van der Waals surface area contributed by atoms with E-state index in [2.05, 4.69) is 16.8 Å². The first kappa shape index (κ1) is 18.5. The SMILES string of the molecule is CC(=O)/C=C(/C)O.[Ir].[c-]1ccsc1C1CCCC[N-]1. The molecule has 0 amide bonds. The van der Waals surface area contributed by atoms with Gasteiger partial charge in [0.25, 0.3) is 0 Å². The molecule has 19 heavy (non-hydrogen) atoms. The van der Waals surface area contributed by atoms with Crippen LogP contribution in [0.4, 0.5) is 0 Å². The Kier molecular flexibility index (Phi) is 10.1. The first-order chi connectivity index (χ1) is 8.59. The van der Waals surface area contributed by atoms with Crippen LogP contribution in [0.1, 0.15) is 44.0 Å². The number of rotatable bonds is 2. The molecule has 0 saturated carbocycles. The number of carbonyl (C=O) groups is 1. The van der Waals surface area contributed by atoms with Gasteiger partial charge in [0.15, 0.2) is 5.78 Å². The van der Waals surface area contributed by atoms with Gasteiger partial charge in [0.2, 0.25) is 0 Å². The fourth-order valence-electron chi connectivity index (χ4n) is 1.73. The van der Waals surface area contributed by atoms with E-state index in [0.29, 0.717) is 6.04 Å². The fraction of sp³-hybridized carbons (Fsp3) is 0.500. The molecule has 1 aromatic heterocycles. The molecule has 0 bridgehead atoms. The first-order valence-corrected chi connectivity index (χ1v) is 6.97. The summed E-state index contributed by atoms with van der Waals surface area (Å²) in [5.74, 6) is -0.0625. The van der Waals surface area contributed by atoms with Gasteiger partial charge < -0.3 is 10.4 Å². The molecule has 5 heteroatoms. The summed E-state index contributed by atoms with van der Waals surface area (Å²) in [6.07, 6.45) is 5.01. The van der Waals surface area contributed by atoms with E-state index in [1.165, 1.54) is 44.1 Å². The molecule has 0 spiro atoms. The topological polar surface area (TPSA) is 51.4 Å². The van der Waals surface area contributed by atoms with Gasteiger partial charge in [0.1, 0.15) is 0 Å². The minimum atomic E-state index is -0.125. The molecule has 1 atom stereocenters. The maximum atomic E-state index is 10.0. The fourth-order valence-corrected chi connectivity index (χ4v) is 2.50. The van der Waals surface area contributed by atoms with Crippen molar-refractivity contribution in [2.75, 3.05) is 6.54 Å². The quantitative estimate of drug-likeness (QED) is 0.412. The van der Waals surface area contributed by atoms with Crippen LogP contribution in [-0.2, 0) is 24.9 Å². The summed E-state index contributed by atoms with van der Waals surface area (Å²) in [6.45, 7) is 3.90. The van der Waals surface area contributed by atoms with E-state index in [4.69, 9.17) is 5.11 Å². The summed E-state index contributed by atoms with van der Waals surface area (Å²) in [4.78, 5) is 11.3. The summed E-state index contributed by atoms with van der Waals surface area (Å²) in [6, 6.07) is 5.70. The van der Waals surface area contributed by atoms with Crippen LogP contribution in [0.15, 0.2) is 23.3 Å². The van der Waals surface area contributed by atoms with Crippen LogP contribution in [-0.4, -0.2) is 17.4 Å². The molecule has 0 aromatic carbocycles. The molecular formula is C14H19IrNO2S-2. The molecule has 1 aliphatic heterocycles. The number of hydrogen-bond acceptors (Lipinski definition) is 3. The van der Waals surface area contributed by atoms with E-state index in [9.17, 15) is 4.79 Å². The van der Waals surface area contributed by atoms with Crippen molar-refractivity contribution in [3.05, 3.63) is 39.5 Å². The number of allylic oxidation sites excluding steroid dienone is 2. The first-order valence-electron chi connectivity index (χ1n) is 6.09. The van der Waals surface area contributed by atoms with Crippen molar-refractivity contribution < 1.29 is 30.0 Å². The van der Waals surface area contributed by atoms with Gasteiger partial charge in [-0.2, -0.15) is 5.38 Å². The molecule has 1 unspecified atom stereocenters.